The zero-order valence-electron chi connectivity index (χ0n) is 7.29. The second-order valence-corrected chi connectivity index (χ2v) is 3.47. The number of aryl methyl sites for hydroxylation is 1. The van der Waals surface area contributed by atoms with Crippen LogP contribution < -0.4 is 0 Å². The number of H-pyrrole nitrogens is 1. The third-order valence-electron chi connectivity index (χ3n) is 2.36. The summed E-state index contributed by atoms with van der Waals surface area (Å²) >= 11 is 0. The highest BCUT2D eigenvalue weighted by Crippen LogP contribution is 2.41. The Kier molecular flexibility index (Phi) is 2.04. The molecule has 1 aliphatic carbocycles. The number of aromatic amines is 1. The van der Waals surface area contributed by atoms with Gasteiger partial charge in [0.05, 0.1) is 12.6 Å². The molecule has 1 aliphatic rings. The van der Waals surface area contributed by atoms with Gasteiger partial charge in [-0.25, -0.2) is 0 Å². The van der Waals surface area contributed by atoms with Crippen molar-refractivity contribution < 1.29 is 9.90 Å². The lowest BCUT2D eigenvalue weighted by molar-refractivity contribution is -0.136. The highest BCUT2D eigenvalue weighted by Gasteiger charge is 2.27. The van der Waals surface area contributed by atoms with Gasteiger partial charge < -0.3 is 5.11 Å². The summed E-state index contributed by atoms with van der Waals surface area (Å²) in [6.07, 6.45) is 5.02. The quantitative estimate of drug-likeness (QED) is 0.734. The number of carbonyl (C=O) groups is 1. The van der Waals surface area contributed by atoms with Gasteiger partial charge in [0, 0.05) is 5.69 Å². The van der Waals surface area contributed by atoms with E-state index in [-0.39, 0.29) is 6.42 Å². The van der Waals surface area contributed by atoms with Crippen molar-refractivity contribution in [3.8, 4) is 0 Å². The van der Waals surface area contributed by atoms with E-state index >= 15 is 0 Å². The number of aromatic nitrogens is 2. The van der Waals surface area contributed by atoms with E-state index in [1.54, 1.807) is 0 Å². The van der Waals surface area contributed by atoms with Crippen LogP contribution in [0.3, 0.4) is 0 Å². The summed E-state index contributed by atoms with van der Waals surface area (Å²) in [5.41, 5.74) is 2.23. The molecule has 1 aromatic heterocycles. The molecule has 0 saturated heterocycles. The second kappa shape index (κ2) is 3.20. The molecular formula is C9H12N2O2. The molecule has 2 rings (SSSR count). The Hall–Kier alpha value is -1.32. The molecule has 0 atom stereocenters. The molecule has 70 valence electrons. The summed E-state index contributed by atoms with van der Waals surface area (Å²) in [5.74, 6) is -0.112. The summed E-state index contributed by atoms with van der Waals surface area (Å²) in [6.45, 7) is 0. The van der Waals surface area contributed by atoms with Crippen LogP contribution in [-0.4, -0.2) is 21.3 Å². The fourth-order valence-corrected chi connectivity index (χ4v) is 1.50. The van der Waals surface area contributed by atoms with E-state index in [4.69, 9.17) is 5.11 Å². The Labute approximate surface area is 76.0 Å². The monoisotopic (exact) mass is 180 g/mol. The molecule has 0 radical (unpaired) electrons. The lowest BCUT2D eigenvalue weighted by atomic mass is 10.1. The molecule has 0 spiro atoms. The first kappa shape index (κ1) is 8.29. The van der Waals surface area contributed by atoms with E-state index in [1.807, 2.05) is 6.20 Å². The van der Waals surface area contributed by atoms with Gasteiger partial charge in [-0.05, 0) is 30.7 Å². The highest BCUT2D eigenvalue weighted by atomic mass is 16.4. The molecule has 1 heterocycles. The lowest BCUT2D eigenvalue weighted by Crippen LogP contribution is -1.99. The third-order valence-corrected chi connectivity index (χ3v) is 2.36. The molecule has 4 nitrogen and oxygen atoms in total. The maximum absolute atomic E-state index is 10.4. The fraction of sp³-hybridized carbons (Fsp3) is 0.556. The molecule has 1 aromatic rings. The molecule has 4 heteroatoms. The summed E-state index contributed by atoms with van der Waals surface area (Å²) in [5, 5.41) is 15.3. The maximum Gasteiger partial charge on any atom is 0.303 e. The summed E-state index contributed by atoms with van der Waals surface area (Å²) in [7, 11) is 0. The van der Waals surface area contributed by atoms with Crippen LogP contribution in [0.5, 0.6) is 0 Å². The average Bonchev–Trinajstić information content (AvgIpc) is 2.82. The Morgan fingerprint density at radius 3 is 3.08 bits per heavy atom. The zero-order valence-corrected chi connectivity index (χ0v) is 7.29. The normalized spacial score (nSPS) is 16.0. The molecular weight excluding hydrogens is 168 g/mol. The minimum Gasteiger partial charge on any atom is -0.481 e. The number of aliphatic carboxylic acids is 1. The van der Waals surface area contributed by atoms with Crippen LogP contribution >= 0.6 is 0 Å². The first-order valence-electron chi connectivity index (χ1n) is 4.51. The van der Waals surface area contributed by atoms with Crippen LogP contribution in [0.2, 0.25) is 0 Å². The van der Waals surface area contributed by atoms with Crippen LogP contribution in [0.15, 0.2) is 6.20 Å². The maximum atomic E-state index is 10.4. The van der Waals surface area contributed by atoms with Crippen molar-refractivity contribution in [2.75, 3.05) is 0 Å². The molecule has 0 unspecified atom stereocenters. The molecule has 0 aliphatic heterocycles. The van der Waals surface area contributed by atoms with Gasteiger partial charge >= 0.3 is 5.97 Å². The smallest absolute Gasteiger partial charge is 0.303 e. The molecule has 0 bridgehead atoms. The first-order valence-corrected chi connectivity index (χ1v) is 4.51. The van der Waals surface area contributed by atoms with E-state index in [0.29, 0.717) is 12.3 Å². The topological polar surface area (TPSA) is 66.0 Å². The van der Waals surface area contributed by atoms with Gasteiger partial charge in [0.1, 0.15) is 0 Å². The number of carboxylic acid groups (broad SMARTS) is 1. The van der Waals surface area contributed by atoms with Gasteiger partial charge in [0.25, 0.3) is 0 Å². The predicted molar refractivity (Wildman–Crippen MR) is 46.5 cm³/mol. The number of nitrogens with zero attached hydrogens (tertiary/aromatic N) is 1. The first-order chi connectivity index (χ1) is 6.27. The van der Waals surface area contributed by atoms with Crippen molar-refractivity contribution in [2.24, 2.45) is 0 Å². The van der Waals surface area contributed by atoms with Gasteiger partial charge in [-0.2, -0.15) is 5.10 Å². The van der Waals surface area contributed by atoms with Crippen LogP contribution in [0, 0.1) is 0 Å². The minimum absolute atomic E-state index is 0.182. The average molecular weight is 180 g/mol. The van der Waals surface area contributed by atoms with Crippen LogP contribution in [-0.2, 0) is 11.2 Å². The van der Waals surface area contributed by atoms with Crippen LogP contribution in [0.25, 0.3) is 0 Å². The minimum atomic E-state index is -0.753. The zero-order chi connectivity index (χ0) is 9.26. The SMILES string of the molecule is O=C(O)CCc1[nH]ncc1C1CC1. The molecule has 1 saturated carbocycles. The van der Waals surface area contributed by atoms with Crippen molar-refractivity contribution in [3.05, 3.63) is 17.5 Å². The Balaban J connectivity index is 2.02. The van der Waals surface area contributed by atoms with Crippen molar-refractivity contribution in [2.45, 2.75) is 31.6 Å². The van der Waals surface area contributed by atoms with E-state index in [2.05, 4.69) is 10.2 Å². The van der Waals surface area contributed by atoms with E-state index in [1.165, 1.54) is 18.4 Å². The van der Waals surface area contributed by atoms with Gasteiger partial charge in [0.2, 0.25) is 0 Å². The third kappa shape index (κ3) is 1.88. The number of hydrogen-bond acceptors (Lipinski definition) is 2. The summed E-state index contributed by atoms with van der Waals surface area (Å²) in [6, 6.07) is 0. The Bertz CT molecular complexity index is 315. The van der Waals surface area contributed by atoms with Gasteiger partial charge in [-0.1, -0.05) is 0 Å². The Morgan fingerprint density at radius 2 is 2.46 bits per heavy atom. The molecule has 1 fully saturated rings. The summed E-state index contributed by atoms with van der Waals surface area (Å²) < 4.78 is 0. The van der Waals surface area contributed by atoms with Crippen molar-refractivity contribution in [3.63, 3.8) is 0 Å². The van der Waals surface area contributed by atoms with Crippen LogP contribution in [0.4, 0.5) is 0 Å². The number of rotatable bonds is 4. The van der Waals surface area contributed by atoms with E-state index < -0.39 is 5.97 Å². The second-order valence-electron chi connectivity index (χ2n) is 3.47. The largest absolute Gasteiger partial charge is 0.481 e. The van der Waals surface area contributed by atoms with Gasteiger partial charge in [-0.3, -0.25) is 9.89 Å². The number of hydrogen-bond donors (Lipinski definition) is 2. The molecule has 13 heavy (non-hydrogen) atoms. The number of nitrogens with one attached hydrogen (secondary N) is 1. The number of carboxylic acids is 1. The lowest BCUT2D eigenvalue weighted by Gasteiger charge is -1.97. The predicted octanol–water partition coefficient (Wildman–Crippen LogP) is 1.30. The van der Waals surface area contributed by atoms with E-state index in [9.17, 15) is 4.79 Å². The Morgan fingerprint density at radius 1 is 1.69 bits per heavy atom. The van der Waals surface area contributed by atoms with Crippen molar-refractivity contribution in [1.29, 1.82) is 0 Å². The highest BCUT2D eigenvalue weighted by molar-refractivity contribution is 5.67. The van der Waals surface area contributed by atoms with Gasteiger partial charge in [-0.15, -0.1) is 0 Å². The van der Waals surface area contributed by atoms with E-state index in [0.717, 1.165) is 5.69 Å². The van der Waals surface area contributed by atoms with Crippen LogP contribution in [0.1, 0.15) is 36.4 Å². The molecule has 0 amide bonds. The standard InChI is InChI=1S/C9H12N2O2/c12-9(13)4-3-8-7(5-10-11-8)6-1-2-6/h5-6H,1-4H2,(H,10,11)(H,12,13). The molecule has 0 aromatic carbocycles. The van der Waals surface area contributed by atoms with Crippen molar-refractivity contribution in [1.82, 2.24) is 10.2 Å². The van der Waals surface area contributed by atoms with Crippen molar-refractivity contribution >= 4 is 5.97 Å². The molecule has 2 N–H and O–H groups in total. The fourth-order valence-electron chi connectivity index (χ4n) is 1.50. The van der Waals surface area contributed by atoms with Gasteiger partial charge in [0.15, 0.2) is 0 Å². The summed E-state index contributed by atoms with van der Waals surface area (Å²) in [4.78, 5) is 10.4.